The SMILES string of the molecule is Fc1c(Cl)c2nonc2c2c(F)c(Cl)c3nonc3c12. The molecule has 0 N–H and O–H groups in total. The zero-order chi connectivity index (χ0) is 14.0. The molecule has 0 aliphatic carbocycles. The summed E-state index contributed by atoms with van der Waals surface area (Å²) in [5.41, 5.74) is -0.337. The predicted molar refractivity (Wildman–Crippen MR) is 64.6 cm³/mol. The Balaban J connectivity index is 2.49. The Bertz CT molecular complexity index is 931. The van der Waals surface area contributed by atoms with Gasteiger partial charge in [0.25, 0.3) is 0 Å². The lowest BCUT2D eigenvalue weighted by Gasteiger charge is -2.05. The van der Waals surface area contributed by atoms with Gasteiger partial charge < -0.3 is 0 Å². The standard InChI is InChI=1S/C10Cl2F2N4O2/c11-3-5(13)1-2(8-10(3)18-20-16-8)6(14)4(12)9-7(1)15-19-17-9. The maximum Gasteiger partial charge on any atom is 0.157 e. The Labute approximate surface area is 117 Å². The second-order valence-electron chi connectivity index (χ2n) is 3.93. The van der Waals surface area contributed by atoms with Crippen LogP contribution in [0.5, 0.6) is 0 Å². The molecule has 0 bridgehead atoms. The van der Waals surface area contributed by atoms with E-state index in [2.05, 4.69) is 29.9 Å². The molecule has 10 heteroatoms. The molecule has 2 aromatic heterocycles. The van der Waals surface area contributed by atoms with Crippen LogP contribution >= 0.6 is 23.2 Å². The van der Waals surface area contributed by atoms with Crippen molar-refractivity contribution in [3.63, 3.8) is 0 Å². The smallest absolute Gasteiger partial charge is 0.157 e. The van der Waals surface area contributed by atoms with Crippen LogP contribution in [0.2, 0.25) is 10.0 Å². The van der Waals surface area contributed by atoms with Crippen molar-refractivity contribution in [3.8, 4) is 0 Å². The Kier molecular flexibility index (Phi) is 2.19. The number of nitrogens with zero attached hydrogens (tertiary/aromatic N) is 4. The molecule has 0 fully saturated rings. The molecule has 0 aliphatic heterocycles. The van der Waals surface area contributed by atoms with Crippen molar-refractivity contribution >= 4 is 56.0 Å². The van der Waals surface area contributed by atoms with Gasteiger partial charge in [0.2, 0.25) is 0 Å². The minimum Gasteiger partial charge on any atom is -0.243 e. The van der Waals surface area contributed by atoms with Crippen LogP contribution < -0.4 is 0 Å². The van der Waals surface area contributed by atoms with Gasteiger partial charge in [-0.2, -0.15) is 0 Å². The summed E-state index contributed by atoms with van der Waals surface area (Å²) in [5, 5.41) is 12.7. The van der Waals surface area contributed by atoms with Crippen LogP contribution in [0.4, 0.5) is 8.78 Å². The first-order chi connectivity index (χ1) is 9.61. The fourth-order valence-electron chi connectivity index (χ4n) is 2.08. The Morgan fingerprint density at radius 1 is 0.650 bits per heavy atom. The molecule has 0 aliphatic rings. The van der Waals surface area contributed by atoms with E-state index in [1.54, 1.807) is 0 Å². The van der Waals surface area contributed by atoms with Crippen LogP contribution in [0.3, 0.4) is 0 Å². The first-order valence-electron chi connectivity index (χ1n) is 5.13. The van der Waals surface area contributed by atoms with Gasteiger partial charge in [-0.25, -0.2) is 18.0 Å². The van der Waals surface area contributed by atoms with Crippen LogP contribution in [-0.4, -0.2) is 20.6 Å². The molecule has 0 spiro atoms. The van der Waals surface area contributed by atoms with Gasteiger partial charge in [-0.05, 0) is 20.6 Å². The molecule has 100 valence electrons. The van der Waals surface area contributed by atoms with E-state index in [0.29, 0.717) is 0 Å². The molecule has 0 atom stereocenters. The number of hydrogen-bond donors (Lipinski definition) is 0. The minimum atomic E-state index is -0.930. The molecular weight excluding hydrogens is 317 g/mol. The highest BCUT2D eigenvalue weighted by Crippen LogP contribution is 2.40. The van der Waals surface area contributed by atoms with Crippen LogP contribution in [-0.2, 0) is 0 Å². The number of hydrogen-bond acceptors (Lipinski definition) is 6. The van der Waals surface area contributed by atoms with Gasteiger partial charge in [-0.15, -0.1) is 0 Å². The summed E-state index contributed by atoms with van der Waals surface area (Å²) < 4.78 is 37.7. The first kappa shape index (κ1) is 11.7. The summed E-state index contributed by atoms with van der Waals surface area (Å²) >= 11 is 11.7. The lowest BCUT2D eigenvalue weighted by Crippen LogP contribution is -1.92. The molecule has 0 radical (unpaired) electrons. The zero-order valence-corrected chi connectivity index (χ0v) is 10.6. The molecule has 0 amide bonds. The molecule has 0 saturated carbocycles. The fourth-order valence-corrected chi connectivity index (χ4v) is 2.52. The van der Waals surface area contributed by atoms with Gasteiger partial charge in [0.15, 0.2) is 22.7 Å². The predicted octanol–water partition coefficient (Wildman–Crippen LogP) is 3.50. The first-order valence-corrected chi connectivity index (χ1v) is 5.89. The van der Waals surface area contributed by atoms with Crippen molar-refractivity contribution in [2.75, 3.05) is 0 Å². The third-order valence-electron chi connectivity index (χ3n) is 2.94. The van der Waals surface area contributed by atoms with Crippen molar-refractivity contribution in [2.45, 2.75) is 0 Å². The minimum absolute atomic E-state index is 0.0595. The monoisotopic (exact) mass is 316 g/mol. The third kappa shape index (κ3) is 1.22. The second-order valence-corrected chi connectivity index (χ2v) is 4.68. The number of aromatic nitrogens is 4. The highest BCUT2D eigenvalue weighted by atomic mass is 35.5. The Morgan fingerprint density at radius 2 is 1.00 bits per heavy atom. The average Bonchev–Trinajstić information content (AvgIpc) is 3.08. The third-order valence-corrected chi connectivity index (χ3v) is 3.63. The lowest BCUT2D eigenvalue weighted by molar-refractivity contribution is 0.315. The summed E-state index contributed by atoms with van der Waals surface area (Å²) in [7, 11) is 0. The molecule has 6 nitrogen and oxygen atoms in total. The Hall–Kier alpha value is -2.06. The van der Waals surface area contributed by atoms with Crippen molar-refractivity contribution in [3.05, 3.63) is 21.7 Å². The molecular formula is C10Cl2F2N4O2. The van der Waals surface area contributed by atoms with Crippen LogP contribution in [0, 0.1) is 11.6 Å². The average molecular weight is 317 g/mol. The molecule has 2 heterocycles. The van der Waals surface area contributed by atoms with Crippen LogP contribution in [0.25, 0.3) is 32.8 Å². The summed E-state index contributed by atoms with van der Waals surface area (Å²) in [6.45, 7) is 0. The number of fused-ring (bicyclic) bond motifs is 5. The van der Waals surface area contributed by atoms with Gasteiger partial charge in [-0.3, -0.25) is 0 Å². The maximum absolute atomic E-state index is 14.4. The zero-order valence-electron chi connectivity index (χ0n) is 9.12. The van der Waals surface area contributed by atoms with Crippen LogP contribution in [0.15, 0.2) is 9.26 Å². The van der Waals surface area contributed by atoms with Crippen molar-refractivity contribution in [1.82, 2.24) is 20.6 Å². The molecule has 4 rings (SSSR count). The van der Waals surface area contributed by atoms with E-state index in [9.17, 15) is 8.78 Å². The van der Waals surface area contributed by atoms with Gasteiger partial charge in [-0.1, -0.05) is 23.2 Å². The number of benzene rings is 2. The van der Waals surface area contributed by atoms with Crippen molar-refractivity contribution in [2.24, 2.45) is 0 Å². The molecule has 20 heavy (non-hydrogen) atoms. The van der Waals surface area contributed by atoms with E-state index in [4.69, 9.17) is 23.2 Å². The quantitative estimate of drug-likeness (QED) is 0.494. The lowest BCUT2D eigenvalue weighted by atomic mass is 10.1. The summed E-state index contributed by atoms with van der Waals surface area (Å²) in [6, 6.07) is 0. The van der Waals surface area contributed by atoms with Gasteiger partial charge in [0, 0.05) is 0 Å². The van der Waals surface area contributed by atoms with Crippen molar-refractivity contribution < 1.29 is 18.0 Å². The second kappa shape index (κ2) is 3.74. The molecule has 4 aromatic rings. The molecule has 0 unspecified atom stereocenters. The Morgan fingerprint density at radius 3 is 1.40 bits per heavy atom. The van der Waals surface area contributed by atoms with Crippen LogP contribution in [0.1, 0.15) is 0 Å². The highest BCUT2D eigenvalue weighted by Gasteiger charge is 2.26. The largest absolute Gasteiger partial charge is 0.243 e. The normalized spacial score (nSPS) is 12.0. The van der Waals surface area contributed by atoms with E-state index in [-0.39, 0.29) is 42.9 Å². The molecule has 0 saturated heterocycles. The van der Waals surface area contributed by atoms with Gasteiger partial charge in [0.05, 0.1) is 10.8 Å². The van der Waals surface area contributed by atoms with E-state index >= 15 is 0 Å². The van der Waals surface area contributed by atoms with Gasteiger partial charge in [0.1, 0.15) is 21.1 Å². The summed E-state index contributed by atoms with van der Waals surface area (Å²) in [5.74, 6) is -1.86. The van der Waals surface area contributed by atoms with E-state index in [0.717, 1.165) is 0 Å². The number of rotatable bonds is 0. The van der Waals surface area contributed by atoms with Crippen molar-refractivity contribution in [1.29, 1.82) is 0 Å². The maximum atomic E-state index is 14.4. The van der Waals surface area contributed by atoms with E-state index in [1.807, 2.05) is 0 Å². The number of halogens is 4. The highest BCUT2D eigenvalue weighted by molar-refractivity contribution is 6.40. The van der Waals surface area contributed by atoms with Gasteiger partial charge >= 0.3 is 0 Å². The fraction of sp³-hybridized carbons (Fsp3) is 0. The van der Waals surface area contributed by atoms with E-state index in [1.165, 1.54) is 0 Å². The topological polar surface area (TPSA) is 77.8 Å². The molecule has 2 aromatic carbocycles. The summed E-state index contributed by atoms with van der Waals surface area (Å²) in [6.07, 6.45) is 0. The van der Waals surface area contributed by atoms with E-state index < -0.39 is 11.6 Å². The summed E-state index contributed by atoms with van der Waals surface area (Å²) in [4.78, 5) is 0.